The van der Waals surface area contributed by atoms with Crippen molar-refractivity contribution < 1.29 is 13.6 Å². The summed E-state index contributed by atoms with van der Waals surface area (Å²) in [6.45, 7) is 1.04. The van der Waals surface area contributed by atoms with Gasteiger partial charge < -0.3 is 15.8 Å². The second-order valence-corrected chi connectivity index (χ2v) is 6.68. The standard InChI is InChI=1S/C11H16N4O3S/c12-11(14-16)9-2-3-13-10(8-9)15-4-1-6-19(17,18)7-5-15/h2-3,8,16H,1,4-7H2,(H2,12,14). The molecule has 1 aliphatic rings. The number of amidine groups is 1. The molecule has 1 aromatic heterocycles. The fourth-order valence-corrected chi connectivity index (χ4v) is 3.25. The van der Waals surface area contributed by atoms with Gasteiger partial charge in [-0.05, 0) is 18.6 Å². The summed E-state index contributed by atoms with van der Waals surface area (Å²) in [5.74, 6) is 0.985. The van der Waals surface area contributed by atoms with Gasteiger partial charge in [0.05, 0.1) is 11.5 Å². The zero-order valence-electron chi connectivity index (χ0n) is 10.4. The molecule has 104 valence electrons. The smallest absolute Gasteiger partial charge is 0.170 e. The molecule has 1 fully saturated rings. The Hall–Kier alpha value is -1.83. The van der Waals surface area contributed by atoms with Crippen molar-refractivity contribution in [1.82, 2.24) is 4.98 Å². The number of hydrogen-bond acceptors (Lipinski definition) is 6. The van der Waals surface area contributed by atoms with Gasteiger partial charge in [-0.25, -0.2) is 13.4 Å². The van der Waals surface area contributed by atoms with Crippen molar-refractivity contribution in [3.63, 3.8) is 0 Å². The minimum Gasteiger partial charge on any atom is -0.409 e. The van der Waals surface area contributed by atoms with E-state index in [-0.39, 0.29) is 17.3 Å². The van der Waals surface area contributed by atoms with Gasteiger partial charge in [0.25, 0.3) is 0 Å². The SMILES string of the molecule is N/C(=N/O)c1ccnc(N2CCCS(=O)(=O)CC2)c1. The summed E-state index contributed by atoms with van der Waals surface area (Å²) in [4.78, 5) is 6.11. The van der Waals surface area contributed by atoms with Crippen LogP contribution in [0.25, 0.3) is 0 Å². The number of rotatable bonds is 2. The Labute approximate surface area is 111 Å². The van der Waals surface area contributed by atoms with Gasteiger partial charge in [0, 0.05) is 24.8 Å². The van der Waals surface area contributed by atoms with Crippen LogP contribution in [-0.2, 0) is 9.84 Å². The molecule has 1 aromatic rings. The van der Waals surface area contributed by atoms with Gasteiger partial charge in [-0.3, -0.25) is 0 Å². The Morgan fingerprint density at radius 2 is 2.21 bits per heavy atom. The first-order valence-electron chi connectivity index (χ1n) is 5.91. The first-order valence-corrected chi connectivity index (χ1v) is 7.73. The molecule has 19 heavy (non-hydrogen) atoms. The van der Waals surface area contributed by atoms with Crippen molar-refractivity contribution >= 4 is 21.5 Å². The van der Waals surface area contributed by atoms with Gasteiger partial charge in [0.1, 0.15) is 5.82 Å². The van der Waals surface area contributed by atoms with Gasteiger partial charge in [0.2, 0.25) is 0 Å². The van der Waals surface area contributed by atoms with Crippen LogP contribution in [0.15, 0.2) is 23.5 Å². The Morgan fingerprint density at radius 3 is 2.95 bits per heavy atom. The lowest BCUT2D eigenvalue weighted by atomic mass is 10.2. The number of hydrogen-bond donors (Lipinski definition) is 2. The molecule has 1 aliphatic heterocycles. The molecule has 0 atom stereocenters. The molecule has 0 bridgehead atoms. The highest BCUT2D eigenvalue weighted by atomic mass is 32.2. The molecule has 0 amide bonds. The first kappa shape index (κ1) is 13.6. The zero-order chi connectivity index (χ0) is 13.9. The second kappa shape index (κ2) is 5.43. The van der Waals surface area contributed by atoms with Crippen LogP contribution in [0.5, 0.6) is 0 Å². The highest BCUT2D eigenvalue weighted by molar-refractivity contribution is 7.91. The maximum atomic E-state index is 11.5. The summed E-state index contributed by atoms with van der Waals surface area (Å²) in [6, 6.07) is 3.32. The molecule has 8 heteroatoms. The van der Waals surface area contributed by atoms with Crippen LogP contribution in [0.2, 0.25) is 0 Å². The average Bonchev–Trinajstić information content (AvgIpc) is 2.59. The summed E-state index contributed by atoms with van der Waals surface area (Å²) in [5.41, 5.74) is 6.08. The van der Waals surface area contributed by atoms with Crippen molar-refractivity contribution in [3.8, 4) is 0 Å². The Kier molecular flexibility index (Phi) is 3.89. The van der Waals surface area contributed by atoms with E-state index >= 15 is 0 Å². The molecule has 2 heterocycles. The maximum Gasteiger partial charge on any atom is 0.170 e. The Bertz CT molecular complexity index is 585. The molecule has 7 nitrogen and oxygen atoms in total. The molecule has 2 rings (SSSR count). The van der Waals surface area contributed by atoms with Crippen LogP contribution in [-0.4, -0.2) is 49.0 Å². The van der Waals surface area contributed by atoms with E-state index in [0.717, 1.165) is 0 Å². The average molecular weight is 284 g/mol. The minimum atomic E-state index is -2.95. The van der Waals surface area contributed by atoms with Crippen LogP contribution in [0, 0.1) is 0 Å². The lowest BCUT2D eigenvalue weighted by molar-refractivity contribution is 0.318. The van der Waals surface area contributed by atoms with Gasteiger partial charge in [-0.2, -0.15) is 0 Å². The highest BCUT2D eigenvalue weighted by Crippen LogP contribution is 2.16. The highest BCUT2D eigenvalue weighted by Gasteiger charge is 2.20. The third kappa shape index (κ3) is 3.34. The topological polar surface area (TPSA) is 109 Å². The lowest BCUT2D eigenvalue weighted by Gasteiger charge is -2.21. The molecule has 1 saturated heterocycles. The van der Waals surface area contributed by atoms with E-state index in [2.05, 4.69) is 10.1 Å². The van der Waals surface area contributed by atoms with Crippen molar-refractivity contribution in [2.24, 2.45) is 10.9 Å². The van der Waals surface area contributed by atoms with Crippen LogP contribution >= 0.6 is 0 Å². The van der Waals surface area contributed by atoms with Crippen LogP contribution < -0.4 is 10.6 Å². The molecule has 0 radical (unpaired) electrons. The number of sulfone groups is 1. The van der Waals surface area contributed by atoms with Gasteiger partial charge in [0.15, 0.2) is 15.7 Å². The predicted molar refractivity (Wildman–Crippen MR) is 72.2 cm³/mol. The van der Waals surface area contributed by atoms with Crippen molar-refractivity contribution in [2.75, 3.05) is 29.5 Å². The first-order chi connectivity index (χ1) is 9.02. The van der Waals surface area contributed by atoms with Gasteiger partial charge in [-0.1, -0.05) is 5.16 Å². The minimum absolute atomic E-state index is 0.00564. The summed E-state index contributed by atoms with van der Waals surface area (Å²) < 4.78 is 23.1. The Balaban J connectivity index is 2.22. The second-order valence-electron chi connectivity index (χ2n) is 4.38. The molecule has 0 aliphatic carbocycles. The van der Waals surface area contributed by atoms with E-state index in [0.29, 0.717) is 30.9 Å². The van der Waals surface area contributed by atoms with E-state index < -0.39 is 9.84 Å². The van der Waals surface area contributed by atoms with E-state index in [4.69, 9.17) is 10.9 Å². The van der Waals surface area contributed by atoms with E-state index in [1.54, 1.807) is 18.3 Å². The van der Waals surface area contributed by atoms with Crippen LogP contribution in [0.4, 0.5) is 5.82 Å². The summed E-state index contributed by atoms with van der Waals surface area (Å²) >= 11 is 0. The molecule has 0 spiro atoms. The van der Waals surface area contributed by atoms with Crippen LogP contribution in [0.3, 0.4) is 0 Å². The van der Waals surface area contributed by atoms with Gasteiger partial charge >= 0.3 is 0 Å². The summed E-state index contributed by atoms with van der Waals surface area (Å²) in [5, 5.41) is 11.6. The normalized spacial score (nSPS) is 20.0. The van der Waals surface area contributed by atoms with E-state index in [1.807, 2.05) is 4.90 Å². The van der Waals surface area contributed by atoms with Crippen LogP contribution in [0.1, 0.15) is 12.0 Å². The molecule has 0 aromatic carbocycles. The molecular weight excluding hydrogens is 268 g/mol. The Morgan fingerprint density at radius 1 is 1.42 bits per heavy atom. The summed E-state index contributed by atoms with van der Waals surface area (Å²) in [6.07, 6.45) is 2.14. The third-order valence-corrected chi connectivity index (χ3v) is 4.74. The largest absolute Gasteiger partial charge is 0.409 e. The van der Waals surface area contributed by atoms with Crippen molar-refractivity contribution in [3.05, 3.63) is 23.9 Å². The number of nitrogens with zero attached hydrogens (tertiary/aromatic N) is 3. The molecule has 3 N–H and O–H groups in total. The fraction of sp³-hybridized carbons (Fsp3) is 0.455. The third-order valence-electron chi connectivity index (χ3n) is 3.03. The molecule has 0 saturated carbocycles. The number of nitrogens with two attached hydrogens (primary N) is 1. The zero-order valence-corrected chi connectivity index (χ0v) is 11.2. The lowest BCUT2D eigenvalue weighted by Crippen LogP contribution is -2.28. The maximum absolute atomic E-state index is 11.5. The number of aromatic nitrogens is 1. The summed E-state index contributed by atoms with van der Waals surface area (Å²) in [7, 11) is -2.95. The van der Waals surface area contributed by atoms with Crippen molar-refractivity contribution in [2.45, 2.75) is 6.42 Å². The molecule has 0 unspecified atom stereocenters. The number of pyridine rings is 1. The van der Waals surface area contributed by atoms with Crippen molar-refractivity contribution in [1.29, 1.82) is 0 Å². The number of anilines is 1. The quantitative estimate of drug-likeness (QED) is 0.337. The van der Waals surface area contributed by atoms with Gasteiger partial charge in [-0.15, -0.1) is 0 Å². The van der Waals surface area contributed by atoms with E-state index in [1.165, 1.54) is 0 Å². The number of oxime groups is 1. The van der Waals surface area contributed by atoms with E-state index in [9.17, 15) is 8.42 Å². The monoisotopic (exact) mass is 284 g/mol. The molecular formula is C11H16N4O3S. The fourth-order valence-electron chi connectivity index (χ4n) is 1.98. The predicted octanol–water partition coefficient (Wildman–Crippen LogP) is -0.199.